The van der Waals surface area contributed by atoms with Crippen LogP contribution in [-0.2, 0) is 10.0 Å². The summed E-state index contributed by atoms with van der Waals surface area (Å²) < 4.78 is 40.0. The van der Waals surface area contributed by atoms with Gasteiger partial charge in [-0.25, -0.2) is 17.1 Å². The minimum atomic E-state index is -3.56. The summed E-state index contributed by atoms with van der Waals surface area (Å²) in [6, 6.07) is 9.93. The Kier molecular flexibility index (Phi) is 7.13. The van der Waals surface area contributed by atoms with Gasteiger partial charge in [0.1, 0.15) is 5.82 Å². The Labute approximate surface area is 181 Å². The van der Waals surface area contributed by atoms with Gasteiger partial charge >= 0.3 is 0 Å². The molecule has 3 rings (SSSR count). The lowest BCUT2D eigenvalue weighted by Crippen LogP contribution is -2.37. The zero-order valence-electron chi connectivity index (χ0n) is 16.9. The number of nitrogens with one attached hydrogen (secondary N) is 1. The van der Waals surface area contributed by atoms with E-state index >= 15 is 0 Å². The lowest BCUT2D eigenvalue weighted by Gasteiger charge is -2.29. The minimum Gasteiger partial charge on any atom is -0.350 e. The quantitative estimate of drug-likeness (QED) is 0.698. The van der Waals surface area contributed by atoms with Gasteiger partial charge in [0.25, 0.3) is 5.91 Å². The number of amides is 1. The van der Waals surface area contributed by atoms with Gasteiger partial charge in [-0.1, -0.05) is 17.7 Å². The van der Waals surface area contributed by atoms with Crippen molar-refractivity contribution < 1.29 is 17.6 Å². The van der Waals surface area contributed by atoms with E-state index in [4.69, 9.17) is 11.6 Å². The number of halogens is 2. The molecule has 1 atom stereocenters. The number of carbonyl (C=O) groups excluding carboxylic acids is 1. The highest BCUT2D eigenvalue weighted by molar-refractivity contribution is 7.89. The summed E-state index contributed by atoms with van der Waals surface area (Å²) in [5.74, 6) is -0.757. The average molecular weight is 454 g/mol. The van der Waals surface area contributed by atoms with Crippen LogP contribution in [-0.4, -0.2) is 57.3 Å². The largest absolute Gasteiger partial charge is 0.350 e. The van der Waals surface area contributed by atoms with Crippen LogP contribution in [0.2, 0.25) is 5.02 Å². The van der Waals surface area contributed by atoms with Crippen molar-refractivity contribution >= 4 is 27.5 Å². The third-order valence-corrected chi connectivity index (χ3v) is 7.42. The van der Waals surface area contributed by atoms with Crippen LogP contribution in [0.5, 0.6) is 0 Å². The Morgan fingerprint density at radius 1 is 1.17 bits per heavy atom. The van der Waals surface area contributed by atoms with Crippen LogP contribution in [0.3, 0.4) is 0 Å². The fourth-order valence-corrected chi connectivity index (χ4v) is 4.77. The van der Waals surface area contributed by atoms with E-state index in [2.05, 4.69) is 10.2 Å². The highest BCUT2D eigenvalue weighted by Crippen LogP contribution is 2.32. The number of sulfonamides is 1. The fourth-order valence-electron chi connectivity index (χ4n) is 3.58. The van der Waals surface area contributed by atoms with E-state index in [1.54, 1.807) is 12.1 Å². The van der Waals surface area contributed by atoms with Gasteiger partial charge in [-0.15, -0.1) is 0 Å². The molecule has 1 heterocycles. The molecule has 0 aromatic heterocycles. The van der Waals surface area contributed by atoms with Crippen LogP contribution in [0.1, 0.15) is 34.8 Å². The zero-order chi connectivity index (χ0) is 21.9. The Bertz CT molecular complexity index is 986. The highest BCUT2D eigenvalue weighted by Gasteiger charge is 2.28. The van der Waals surface area contributed by atoms with Crippen LogP contribution in [0.4, 0.5) is 4.39 Å². The molecule has 1 aliphatic heterocycles. The minimum absolute atomic E-state index is 0.108. The van der Waals surface area contributed by atoms with E-state index in [1.807, 2.05) is 0 Å². The first kappa shape index (κ1) is 22.7. The maximum atomic E-state index is 14.5. The first-order valence-electron chi connectivity index (χ1n) is 9.70. The smallest absolute Gasteiger partial charge is 0.251 e. The van der Waals surface area contributed by atoms with Crippen molar-refractivity contribution in [3.63, 3.8) is 0 Å². The molecule has 9 heteroatoms. The second-order valence-corrected chi connectivity index (χ2v) is 9.98. The second kappa shape index (κ2) is 9.43. The summed E-state index contributed by atoms with van der Waals surface area (Å²) >= 11 is 6.28. The number of benzene rings is 2. The zero-order valence-corrected chi connectivity index (χ0v) is 18.5. The van der Waals surface area contributed by atoms with Crippen molar-refractivity contribution in [1.29, 1.82) is 0 Å². The van der Waals surface area contributed by atoms with Crippen molar-refractivity contribution in [2.75, 3.05) is 33.7 Å². The van der Waals surface area contributed by atoms with Gasteiger partial charge in [0.2, 0.25) is 10.0 Å². The molecule has 0 bridgehead atoms. The second-order valence-electron chi connectivity index (χ2n) is 7.42. The van der Waals surface area contributed by atoms with Crippen LogP contribution in [0.15, 0.2) is 47.4 Å². The summed E-state index contributed by atoms with van der Waals surface area (Å²) in [5, 5.41) is 3.18. The fraction of sp³-hybridized carbons (Fsp3) is 0.381. The predicted octanol–water partition coefficient (Wildman–Crippen LogP) is 3.30. The topological polar surface area (TPSA) is 69.7 Å². The third kappa shape index (κ3) is 4.83. The number of rotatable bonds is 7. The molecular weight excluding hydrogens is 429 g/mol. The molecule has 162 valence electrons. The van der Waals surface area contributed by atoms with E-state index < -0.39 is 15.8 Å². The lowest BCUT2D eigenvalue weighted by atomic mass is 10.0. The van der Waals surface area contributed by atoms with E-state index in [-0.39, 0.29) is 23.4 Å². The number of likely N-dealkylation sites (tertiary alicyclic amines) is 1. The summed E-state index contributed by atoms with van der Waals surface area (Å²) in [6.07, 6.45) is 2.02. The van der Waals surface area contributed by atoms with Crippen LogP contribution in [0, 0.1) is 5.82 Å². The Balaban J connectivity index is 1.76. The van der Waals surface area contributed by atoms with Gasteiger partial charge in [0.05, 0.1) is 10.9 Å². The van der Waals surface area contributed by atoms with Gasteiger partial charge < -0.3 is 5.32 Å². The molecule has 30 heavy (non-hydrogen) atoms. The van der Waals surface area contributed by atoms with Crippen molar-refractivity contribution in [3.8, 4) is 0 Å². The average Bonchev–Trinajstić information content (AvgIpc) is 3.24. The maximum Gasteiger partial charge on any atom is 0.251 e. The van der Waals surface area contributed by atoms with Crippen molar-refractivity contribution in [3.05, 3.63) is 64.4 Å². The van der Waals surface area contributed by atoms with Crippen LogP contribution in [0.25, 0.3) is 0 Å². The maximum absolute atomic E-state index is 14.5. The number of hydrogen-bond donors (Lipinski definition) is 1. The molecule has 1 fully saturated rings. The van der Waals surface area contributed by atoms with Gasteiger partial charge in [-0.2, -0.15) is 0 Å². The molecule has 0 spiro atoms. The van der Waals surface area contributed by atoms with Gasteiger partial charge in [0, 0.05) is 36.8 Å². The SMILES string of the molecule is CN(C)S(=O)(=O)c1ccc(C(=O)NCC(c2c(F)cccc2Cl)N2CCCC2)cc1. The third-order valence-electron chi connectivity index (χ3n) is 5.27. The van der Waals surface area contributed by atoms with Gasteiger partial charge in [-0.3, -0.25) is 9.69 Å². The summed E-state index contributed by atoms with van der Waals surface area (Å²) in [4.78, 5) is 14.9. The van der Waals surface area contributed by atoms with Crippen LogP contribution >= 0.6 is 11.6 Å². The Hall–Kier alpha value is -2.00. The van der Waals surface area contributed by atoms with Crippen molar-refractivity contribution in [2.45, 2.75) is 23.8 Å². The summed E-state index contributed by atoms with van der Waals surface area (Å²) in [6.45, 7) is 1.81. The van der Waals surface area contributed by atoms with Crippen molar-refractivity contribution in [1.82, 2.24) is 14.5 Å². The van der Waals surface area contributed by atoms with E-state index in [0.29, 0.717) is 16.1 Å². The molecule has 1 N–H and O–H groups in total. The molecule has 2 aromatic carbocycles. The standard InChI is InChI=1S/C21H25ClFN3O3S/c1-25(2)30(28,29)16-10-8-15(9-11-16)21(27)24-14-19(26-12-3-4-13-26)20-17(22)6-5-7-18(20)23/h5-11,19H,3-4,12-14H2,1-2H3,(H,24,27). The molecule has 0 saturated carbocycles. The summed E-state index contributed by atoms with van der Waals surface area (Å²) in [5.41, 5.74) is 0.710. The number of hydrogen-bond acceptors (Lipinski definition) is 4. The van der Waals surface area contributed by atoms with Crippen LogP contribution < -0.4 is 5.32 Å². The van der Waals surface area contributed by atoms with Gasteiger partial charge in [-0.05, 0) is 62.3 Å². The first-order valence-corrected chi connectivity index (χ1v) is 11.5. The van der Waals surface area contributed by atoms with Crippen molar-refractivity contribution in [2.24, 2.45) is 0 Å². The normalized spacial score (nSPS) is 16.0. The number of carbonyl (C=O) groups is 1. The predicted molar refractivity (Wildman–Crippen MR) is 115 cm³/mol. The Morgan fingerprint density at radius 2 is 1.80 bits per heavy atom. The molecule has 1 unspecified atom stereocenters. The molecule has 1 saturated heterocycles. The lowest BCUT2D eigenvalue weighted by molar-refractivity contribution is 0.0937. The number of nitrogens with zero attached hydrogens (tertiary/aromatic N) is 2. The molecule has 0 radical (unpaired) electrons. The highest BCUT2D eigenvalue weighted by atomic mass is 35.5. The Morgan fingerprint density at radius 3 is 2.37 bits per heavy atom. The first-order chi connectivity index (χ1) is 14.2. The monoisotopic (exact) mass is 453 g/mol. The molecule has 6 nitrogen and oxygen atoms in total. The molecule has 2 aromatic rings. The van der Waals surface area contributed by atoms with E-state index in [1.165, 1.54) is 44.4 Å². The molecular formula is C21H25ClFN3O3S. The molecule has 1 amide bonds. The molecule has 0 aliphatic carbocycles. The van der Waals surface area contributed by atoms with Gasteiger partial charge in [0.15, 0.2) is 0 Å². The van der Waals surface area contributed by atoms with E-state index in [9.17, 15) is 17.6 Å². The molecule has 1 aliphatic rings. The van der Waals surface area contributed by atoms with E-state index in [0.717, 1.165) is 30.2 Å². The summed E-state index contributed by atoms with van der Waals surface area (Å²) in [7, 11) is -0.670.